The van der Waals surface area contributed by atoms with Crippen LogP contribution in [0.15, 0.2) is 60.7 Å². The molecule has 0 bridgehead atoms. The molecule has 0 heterocycles. The van der Waals surface area contributed by atoms with Crippen LogP contribution in [-0.2, 0) is 16.0 Å². The number of aliphatic carboxylic acids is 1. The second kappa shape index (κ2) is 8.03. The summed E-state index contributed by atoms with van der Waals surface area (Å²) in [7, 11) is 0. The molecule has 0 radical (unpaired) electrons. The van der Waals surface area contributed by atoms with E-state index in [1.807, 2.05) is 36.4 Å². The number of rotatable bonds is 8. The molecule has 3 N–H and O–H groups in total. The Morgan fingerprint density at radius 1 is 0.963 bits per heavy atom. The molecule has 1 aliphatic carbocycles. The first kappa shape index (κ1) is 18.6. The number of amides is 2. The maximum atomic E-state index is 12.7. The van der Waals surface area contributed by atoms with Gasteiger partial charge in [-0.2, -0.15) is 0 Å². The number of hydrogen-bond donors (Lipinski definition) is 3. The molecule has 140 valence electrons. The third kappa shape index (κ3) is 4.73. The van der Waals surface area contributed by atoms with Gasteiger partial charge in [-0.1, -0.05) is 48.5 Å². The van der Waals surface area contributed by atoms with Gasteiger partial charge >= 0.3 is 5.97 Å². The summed E-state index contributed by atoms with van der Waals surface area (Å²) in [6, 6.07) is 17.3. The third-order valence-electron chi connectivity index (χ3n) is 4.85. The Bertz CT molecular complexity index is 817. The van der Waals surface area contributed by atoms with Crippen molar-refractivity contribution in [3.8, 4) is 0 Å². The second-order valence-corrected chi connectivity index (χ2v) is 6.89. The van der Waals surface area contributed by atoms with Crippen LogP contribution in [0.4, 0.5) is 0 Å². The lowest BCUT2D eigenvalue weighted by atomic mass is 10.0. The maximum absolute atomic E-state index is 12.7. The molecule has 27 heavy (non-hydrogen) atoms. The molecule has 0 aromatic heterocycles. The van der Waals surface area contributed by atoms with Crippen LogP contribution in [0.3, 0.4) is 0 Å². The van der Waals surface area contributed by atoms with Gasteiger partial charge in [-0.15, -0.1) is 0 Å². The number of carboxylic acid groups (broad SMARTS) is 1. The van der Waals surface area contributed by atoms with E-state index in [0.29, 0.717) is 24.8 Å². The molecule has 1 aliphatic rings. The summed E-state index contributed by atoms with van der Waals surface area (Å²) in [5, 5.41) is 14.7. The number of carbonyl (C=O) groups is 3. The molecule has 6 nitrogen and oxygen atoms in total. The van der Waals surface area contributed by atoms with Gasteiger partial charge in [0.15, 0.2) is 0 Å². The van der Waals surface area contributed by atoms with Crippen LogP contribution in [-0.4, -0.2) is 35.5 Å². The van der Waals surface area contributed by atoms with Gasteiger partial charge in [0.05, 0.1) is 5.41 Å². The Balaban J connectivity index is 1.69. The molecule has 1 fully saturated rings. The van der Waals surface area contributed by atoms with Gasteiger partial charge < -0.3 is 15.7 Å². The van der Waals surface area contributed by atoms with Crippen LogP contribution in [0.25, 0.3) is 0 Å². The molecule has 1 unspecified atom stereocenters. The van der Waals surface area contributed by atoms with Crippen molar-refractivity contribution in [2.75, 3.05) is 6.54 Å². The lowest BCUT2D eigenvalue weighted by Crippen LogP contribution is -2.49. The molecule has 1 saturated carbocycles. The Kier molecular flexibility index (Phi) is 5.54. The zero-order valence-corrected chi connectivity index (χ0v) is 14.9. The maximum Gasteiger partial charge on any atom is 0.311 e. The molecular weight excluding hydrogens is 344 g/mol. The predicted octanol–water partition coefficient (Wildman–Crippen LogP) is 2.01. The molecule has 2 aromatic rings. The summed E-state index contributed by atoms with van der Waals surface area (Å²) >= 11 is 0. The SMILES string of the molecule is O=C(NC(Cc1ccccc1)C(=O)NCC1(C(=O)O)CC1)c1ccccc1. The Morgan fingerprint density at radius 3 is 2.11 bits per heavy atom. The Hall–Kier alpha value is -3.15. The second-order valence-electron chi connectivity index (χ2n) is 6.89. The monoisotopic (exact) mass is 366 g/mol. The van der Waals surface area contributed by atoms with Crippen LogP contribution in [0.2, 0.25) is 0 Å². The smallest absolute Gasteiger partial charge is 0.311 e. The minimum atomic E-state index is -0.893. The summed E-state index contributed by atoms with van der Waals surface area (Å²) in [4.78, 5) is 36.5. The standard InChI is InChI=1S/C21H22N2O4/c24-18(16-9-5-2-6-10-16)23-17(13-15-7-3-1-4-8-15)19(25)22-14-21(11-12-21)20(26)27/h1-10,17H,11-14H2,(H,22,25)(H,23,24)(H,26,27). The molecule has 2 aromatic carbocycles. The number of carbonyl (C=O) groups excluding carboxylic acids is 2. The first-order valence-electron chi connectivity index (χ1n) is 8.91. The zero-order valence-electron chi connectivity index (χ0n) is 14.9. The third-order valence-corrected chi connectivity index (χ3v) is 4.85. The van der Waals surface area contributed by atoms with Gasteiger partial charge in [0.2, 0.25) is 5.91 Å². The van der Waals surface area contributed by atoms with E-state index in [4.69, 9.17) is 0 Å². The van der Waals surface area contributed by atoms with Crippen LogP contribution >= 0.6 is 0 Å². The average Bonchev–Trinajstić information content (AvgIpc) is 3.48. The van der Waals surface area contributed by atoms with E-state index in [-0.39, 0.29) is 18.4 Å². The Morgan fingerprint density at radius 2 is 1.56 bits per heavy atom. The number of nitrogens with one attached hydrogen (secondary N) is 2. The highest BCUT2D eigenvalue weighted by Crippen LogP contribution is 2.45. The van der Waals surface area contributed by atoms with Crippen LogP contribution < -0.4 is 10.6 Å². The highest BCUT2D eigenvalue weighted by molar-refractivity contribution is 5.97. The van der Waals surface area contributed by atoms with E-state index in [1.54, 1.807) is 24.3 Å². The minimum absolute atomic E-state index is 0.0770. The van der Waals surface area contributed by atoms with Crippen LogP contribution in [0.1, 0.15) is 28.8 Å². The summed E-state index contributed by atoms with van der Waals surface area (Å²) < 4.78 is 0. The predicted molar refractivity (Wildman–Crippen MR) is 100 cm³/mol. The van der Waals surface area contributed by atoms with E-state index in [9.17, 15) is 19.5 Å². The van der Waals surface area contributed by atoms with Crippen molar-refractivity contribution in [3.63, 3.8) is 0 Å². The quantitative estimate of drug-likeness (QED) is 0.666. The van der Waals surface area contributed by atoms with Gasteiger partial charge in [-0.05, 0) is 30.5 Å². The number of carboxylic acids is 1. The molecular formula is C21H22N2O4. The van der Waals surface area contributed by atoms with Gasteiger partial charge in [0.1, 0.15) is 6.04 Å². The summed E-state index contributed by atoms with van der Waals surface area (Å²) in [5.41, 5.74) is 0.522. The molecule has 6 heteroatoms. The van der Waals surface area contributed by atoms with Crippen molar-refractivity contribution in [1.82, 2.24) is 10.6 Å². The number of benzene rings is 2. The topological polar surface area (TPSA) is 95.5 Å². The largest absolute Gasteiger partial charge is 0.481 e. The molecule has 1 atom stereocenters. The van der Waals surface area contributed by atoms with Gasteiger partial charge in [-0.3, -0.25) is 14.4 Å². The Labute approximate surface area is 157 Å². The fourth-order valence-corrected chi connectivity index (χ4v) is 2.89. The van der Waals surface area contributed by atoms with Crippen molar-refractivity contribution >= 4 is 17.8 Å². The molecule has 2 amide bonds. The fraction of sp³-hybridized carbons (Fsp3) is 0.286. The van der Waals surface area contributed by atoms with E-state index >= 15 is 0 Å². The van der Waals surface area contributed by atoms with E-state index in [2.05, 4.69) is 10.6 Å². The van der Waals surface area contributed by atoms with Crippen molar-refractivity contribution in [2.45, 2.75) is 25.3 Å². The average molecular weight is 366 g/mol. The summed E-state index contributed by atoms with van der Waals surface area (Å²) in [5.74, 6) is -1.61. The summed E-state index contributed by atoms with van der Waals surface area (Å²) in [6.45, 7) is 0.0770. The van der Waals surface area contributed by atoms with Crippen LogP contribution in [0, 0.1) is 5.41 Å². The number of hydrogen-bond acceptors (Lipinski definition) is 3. The summed E-state index contributed by atoms with van der Waals surface area (Å²) in [6.07, 6.45) is 1.44. The highest BCUT2D eigenvalue weighted by Gasteiger charge is 2.50. The van der Waals surface area contributed by atoms with Crippen LogP contribution in [0.5, 0.6) is 0 Å². The minimum Gasteiger partial charge on any atom is -0.481 e. The fourth-order valence-electron chi connectivity index (χ4n) is 2.89. The van der Waals surface area contributed by atoms with E-state index in [0.717, 1.165) is 5.56 Å². The lowest BCUT2D eigenvalue weighted by molar-refractivity contribution is -0.143. The van der Waals surface area contributed by atoms with Gasteiger partial charge in [0, 0.05) is 18.5 Å². The van der Waals surface area contributed by atoms with E-state index in [1.165, 1.54) is 0 Å². The molecule has 0 saturated heterocycles. The van der Waals surface area contributed by atoms with Crippen molar-refractivity contribution in [1.29, 1.82) is 0 Å². The zero-order chi connectivity index (χ0) is 19.3. The van der Waals surface area contributed by atoms with Crippen molar-refractivity contribution < 1.29 is 19.5 Å². The first-order chi connectivity index (χ1) is 13.0. The van der Waals surface area contributed by atoms with Crippen molar-refractivity contribution in [2.24, 2.45) is 5.41 Å². The van der Waals surface area contributed by atoms with E-state index < -0.39 is 17.4 Å². The first-order valence-corrected chi connectivity index (χ1v) is 8.91. The van der Waals surface area contributed by atoms with Crippen molar-refractivity contribution in [3.05, 3.63) is 71.8 Å². The molecule has 3 rings (SSSR count). The molecule has 0 spiro atoms. The lowest BCUT2D eigenvalue weighted by Gasteiger charge is -2.20. The van der Waals surface area contributed by atoms with Gasteiger partial charge in [0.25, 0.3) is 5.91 Å². The highest BCUT2D eigenvalue weighted by atomic mass is 16.4. The normalized spacial score (nSPS) is 15.4. The molecule has 0 aliphatic heterocycles. The van der Waals surface area contributed by atoms with Gasteiger partial charge in [-0.25, -0.2) is 0 Å².